The number of rotatable bonds is 6. The molecule has 8 heteroatoms. The molecule has 0 amide bonds. The van der Waals surface area contributed by atoms with Crippen LogP contribution >= 0.6 is 0 Å². The number of H-pyrrole nitrogens is 1. The molecule has 0 aliphatic rings. The summed E-state index contributed by atoms with van der Waals surface area (Å²) in [5.41, 5.74) is 3.90. The molecule has 0 bridgehead atoms. The minimum absolute atomic E-state index is 0.179. The summed E-state index contributed by atoms with van der Waals surface area (Å²) in [4.78, 5) is 15.1. The van der Waals surface area contributed by atoms with Crippen molar-refractivity contribution in [3.8, 4) is 5.88 Å². The molecule has 0 saturated heterocycles. The highest BCUT2D eigenvalue weighted by molar-refractivity contribution is 5.80. The summed E-state index contributed by atoms with van der Waals surface area (Å²) >= 11 is 0. The van der Waals surface area contributed by atoms with Gasteiger partial charge in [0, 0.05) is 41.9 Å². The Kier molecular flexibility index (Phi) is 5.07. The third-order valence-electron chi connectivity index (χ3n) is 4.62. The highest BCUT2D eigenvalue weighted by Gasteiger charge is 2.12. The number of nitrogens with zero attached hydrogens (tertiary/aromatic N) is 3. The first-order chi connectivity index (χ1) is 14.0. The van der Waals surface area contributed by atoms with Gasteiger partial charge in [-0.2, -0.15) is 13.8 Å². The number of nitrogens with one attached hydrogen (secondary N) is 2. The van der Waals surface area contributed by atoms with E-state index in [1.807, 2.05) is 19.2 Å². The van der Waals surface area contributed by atoms with Crippen LogP contribution in [0, 0.1) is 18.8 Å². The minimum atomic E-state index is -0.623. The molecule has 4 heterocycles. The van der Waals surface area contributed by atoms with Crippen LogP contribution in [0.25, 0.3) is 11.0 Å². The second-order valence-electron chi connectivity index (χ2n) is 6.70. The number of hydrogen-bond acceptors (Lipinski definition) is 5. The number of aryl methyl sites for hydroxylation is 1. The molecule has 29 heavy (non-hydrogen) atoms. The Balaban J connectivity index is 1.50. The molecule has 0 aromatic carbocycles. The first-order valence-electron chi connectivity index (χ1n) is 9.05. The van der Waals surface area contributed by atoms with Crippen LogP contribution in [0.2, 0.25) is 0 Å². The summed E-state index contributed by atoms with van der Waals surface area (Å²) in [7, 11) is 1.42. The van der Waals surface area contributed by atoms with Crippen molar-refractivity contribution in [3.05, 3.63) is 76.9 Å². The van der Waals surface area contributed by atoms with Crippen LogP contribution in [0.3, 0.4) is 0 Å². The number of aromatic amines is 1. The summed E-state index contributed by atoms with van der Waals surface area (Å²) < 4.78 is 32.8. The molecule has 4 aromatic rings. The van der Waals surface area contributed by atoms with Crippen molar-refractivity contribution in [2.24, 2.45) is 0 Å². The number of anilines is 1. The third-order valence-corrected chi connectivity index (χ3v) is 4.62. The molecule has 0 aliphatic carbocycles. The Labute approximate surface area is 166 Å². The number of fused-ring (bicyclic) bond motifs is 1. The van der Waals surface area contributed by atoms with Crippen LogP contribution in [0.5, 0.6) is 5.88 Å². The lowest BCUT2D eigenvalue weighted by Crippen LogP contribution is -2.06. The summed E-state index contributed by atoms with van der Waals surface area (Å²) in [6, 6.07) is 8.24. The Hall–Kier alpha value is -3.55. The predicted molar refractivity (Wildman–Crippen MR) is 106 cm³/mol. The van der Waals surface area contributed by atoms with Crippen molar-refractivity contribution in [2.45, 2.75) is 19.9 Å². The van der Waals surface area contributed by atoms with Crippen LogP contribution in [0.1, 0.15) is 22.3 Å². The fourth-order valence-electron chi connectivity index (χ4n) is 3.15. The molecule has 6 nitrogen and oxygen atoms in total. The molecule has 0 radical (unpaired) electrons. The predicted octanol–water partition coefficient (Wildman–Crippen LogP) is 4.15. The summed E-state index contributed by atoms with van der Waals surface area (Å²) in [5, 5.41) is 3.98. The van der Waals surface area contributed by atoms with E-state index in [0.29, 0.717) is 23.4 Å². The van der Waals surface area contributed by atoms with Crippen LogP contribution < -0.4 is 10.1 Å². The van der Waals surface area contributed by atoms with Gasteiger partial charge >= 0.3 is 0 Å². The van der Waals surface area contributed by atoms with E-state index in [9.17, 15) is 8.78 Å². The van der Waals surface area contributed by atoms with Crippen LogP contribution in [0.15, 0.2) is 42.7 Å². The van der Waals surface area contributed by atoms with E-state index in [1.165, 1.54) is 13.2 Å². The van der Waals surface area contributed by atoms with Gasteiger partial charge in [-0.05, 0) is 42.3 Å². The van der Waals surface area contributed by atoms with Gasteiger partial charge in [-0.15, -0.1) is 0 Å². The monoisotopic (exact) mass is 395 g/mol. The summed E-state index contributed by atoms with van der Waals surface area (Å²) in [6.07, 6.45) is 4.04. The fourth-order valence-corrected chi connectivity index (χ4v) is 3.15. The van der Waals surface area contributed by atoms with E-state index in [4.69, 9.17) is 4.74 Å². The number of methoxy groups -OCH3 is 1. The molecular formula is C21H19F2N5O. The van der Waals surface area contributed by atoms with Gasteiger partial charge in [0.2, 0.25) is 17.8 Å². The first kappa shape index (κ1) is 18.8. The zero-order valence-corrected chi connectivity index (χ0v) is 16.0. The van der Waals surface area contributed by atoms with Crippen molar-refractivity contribution >= 4 is 16.9 Å². The first-order valence-corrected chi connectivity index (χ1v) is 9.05. The molecular weight excluding hydrogens is 376 g/mol. The highest BCUT2D eigenvalue weighted by Crippen LogP contribution is 2.23. The highest BCUT2D eigenvalue weighted by atomic mass is 19.1. The lowest BCUT2D eigenvalue weighted by atomic mass is 10.1. The maximum atomic E-state index is 14.6. The Bertz CT molecular complexity index is 1180. The second kappa shape index (κ2) is 7.83. The number of aromatic nitrogens is 4. The van der Waals surface area contributed by atoms with Crippen LogP contribution in [-0.2, 0) is 13.0 Å². The van der Waals surface area contributed by atoms with Crippen LogP contribution in [-0.4, -0.2) is 27.0 Å². The van der Waals surface area contributed by atoms with Gasteiger partial charge in [0.15, 0.2) is 0 Å². The average Bonchev–Trinajstić information content (AvgIpc) is 3.10. The molecule has 0 spiro atoms. The maximum absolute atomic E-state index is 14.6. The van der Waals surface area contributed by atoms with Gasteiger partial charge in [0.05, 0.1) is 7.11 Å². The number of pyridine rings is 3. The van der Waals surface area contributed by atoms with Crippen molar-refractivity contribution in [2.75, 3.05) is 12.4 Å². The summed E-state index contributed by atoms with van der Waals surface area (Å²) in [6.45, 7) is 2.24. The zero-order valence-electron chi connectivity index (χ0n) is 16.0. The summed E-state index contributed by atoms with van der Waals surface area (Å²) in [5.74, 6) is -0.622. The van der Waals surface area contributed by atoms with Gasteiger partial charge in [-0.3, -0.25) is 0 Å². The van der Waals surface area contributed by atoms with Gasteiger partial charge in [0.25, 0.3) is 0 Å². The van der Waals surface area contributed by atoms with E-state index in [-0.39, 0.29) is 12.4 Å². The topological polar surface area (TPSA) is 75.7 Å². The van der Waals surface area contributed by atoms with E-state index in [0.717, 1.165) is 22.2 Å². The van der Waals surface area contributed by atoms with Crippen molar-refractivity contribution < 1.29 is 13.5 Å². The maximum Gasteiger partial charge on any atom is 0.220 e. The van der Waals surface area contributed by atoms with Crippen molar-refractivity contribution in [1.29, 1.82) is 0 Å². The molecule has 0 aliphatic heterocycles. The minimum Gasteiger partial charge on any atom is -0.481 e. The van der Waals surface area contributed by atoms with Gasteiger partial charge in [0.1, 0.15) is 11.5 Å². The lowest BCUT2D eigenvalue weighted by molar-refractivity contribution is 0.382. The van der Waals surface area contributed by atoms with Crippen molar-refractivity contribution in [1.82, 2.24) is 19.9 Å². The molecule has 0 saturated carbocycles. The van der Waals surface area contributed by atoms with E-state index < -0.39 is 11.9 Å². The Morgan fingerprint density at radius 2 is 1.90 bits per heavy atom. The Morgan fingerprint density at radius 3 is 2.69 bits per heavy atom. The molecule has 0 fully saturated rings. The molecule has 4 rings (SSSR count). The zero-order chi connectivity index (χ0) is 20.4. The van der Waals surface area contributed by atoms with Crippen LogP contribution in [0.4, 0.5) is 14.6 Å². The standard InChI is InChI=1S/C21H19F2N5O/c1-12-7-16-15(11-26-20(16)25-9-12)8-13-4-6-18(28-19(13)23)24-10-14-3-5-17(22)27-21(14)29-2/h3-7,9,11H,8,10H2,1-2H3,(H,24,28)(H,25,26). The second-order valence-corrected chi connectivity index (χ2v) is 6.70. The van der Waals surface area contributed by atoms with E-state index >= 15 is 0 Å². The average molecular weight is 395 g/mol. The molecule has 148 valence electrons. The number of ether oxygens (including phenoxy) is 1. The number of halogens is 2. The van der Waals surface area contributed by atoms with Gasteiger partial charge in [-0.25, -0.2) is 9.97 Å². The van der Waals surface area contributed by atoms with Gasteiger partial charge in [-0.1, -0.05) is 6.07 Å². The Morgan fingerprint density at radius 1 is 1.07 bits per heavy atom. The lowest BCUT2D eigenvalue weighted by Gasteiger charge is -2.10. The quantitative estimate of drug-likeness (QED) is 0.480. The normalized spacial score (nSPS) is 11.0. The third kappa shape index (κ3) is 4.01. The molecule has 0 atom stereocenters. The van der Waals surface area contributed by atoms with E-state index in [1.54, 1.807) is 24.4 Å². The molecule has 4 aromatic heterocycles. The molecule has 0 unspecified atom stereocenters. The SMILES string of the molecule is COc1nc(F)ccc1CNc1ccc(Cc2c[nH]c3ncc(C)cc23)c(F)n1. The van der Waals surface area contributed by atoms with Gasteiger partial charge < -0.3 is 15.0 Å². The van der Waals surface area contributed by atoms with E-state index in [2.05, 4.69) is 25.3 Å². The van der Waals surface area contributed by atoms with Crippen molar-refractivity contribution in [3.63, 3.8) is 0 Å². The number of hydrogen-bond donors (Lipinski definition) is 2. The fraction of sp³-hybridized carbons (Fsp3) is 0.190. The molecule has 2 N–H and O–H groups in total. The largest absolute Gasteiger partial charge is 0.481 e. The smallest absolute Gasteiger partial charge is 0.220 e.